The van der Waals surface area contributed by atoms with E-state index in [1.807, 2.05) is 29.8 Å². The fourth-order valence-corrected chi connectivity index (χ4v) is 5.94. The lowest BCUT2D eigenvalue weighted by Gasteiger charge is -2.38. The zero-order valence-electron chi connectivity index (χ0n) is 22.1. The average molecular weight is 540 g/mol. The van der Waals surface area contributed by atoms with Gasteiger partial charge in [0.15, 0.2) is 5.82 Å². The van der Waals surface area contributed by atoms with E-state index in [0.29, 0.717) is 23.7 Å². The third-order valence-electron chi connectivity index (χ3n) is 7.99. The van der Waals surface area contributed by atoms with Crippen molar-refractivity contribution in [3.8, 4) is 5.69 Å². The van der Waals surface area contributed by atoms with Crippen molar-refractivity contribution in [3.63, 3.8) is 0 Å². The molecule has 0 bridgehead atoms. The molecule has 206 valence electrons. The summed E-state index contributed by atoms with van der Waals surface area (Å²) in [6.45, 7) is 6.04. The van der Waals surface area contributed by atoms with Crippen LogP contribution in [-0.2, 0) is 19.8 Å². The number of imidazole rings is 1. The molecule has 3 aromatic heterocycles. The largest absolute Gasteiger partial charge is 0.418 e. The number of benzene rings is 1. The Balaban J connectivity index is 1.42. The average Bonchev–Trinajstić information content (AvgIpc) is 3.43. The number of piperidine rings is 1. The maximum Gasteiger partial charge on any atom is 0.418 e. The van der Waals surface area contributed by atoms with E-state index in [-0.39, 0.29) is 11.6 Å². The monoisotopic (exact) mass is 539 g/mol. The third kappa shape index (κ3) is 4.89. The smallest absolute Gasteiger partial charge is 0.319 e. The van der Waals surface area contributed by atoms with Gasteiger partial charge < -0.3 is 4.57 Å². The number of rotatable bonds is 6. The first kappa shape index (κ1) is 25.8. The minimum atomic E-state index is -4.59. The summed E-state index contributed by atoms with van der Waals surface area (Å²) >= 11 is 0. The van der Waals surface area contributed by atoms with Gasteiger partial charge in [0.2, 0.25) is 0 Å². The number of nitrogens with zero attached hydrogens (tertiary/aromatic N) is 7. The number of likely N-dealkylation sites (tertiary alicyclic amines) is 2. The van der Waals surface area contributed by atoms with Gasteiger partial charge in [-0.2, -0.15) is 13.2 Å². The Morgan fingerprint density at radius 3 is 2.59 bits per heavy atom. The molecule has 0 spiro atoms. The van der Waals surface area contributed by atoms with Gasteiger partial charge in [0.25, 0.3) is 0 Å². The van der Waals surface area contributed by atoms with E-state index < -0.39 is 17.4 Å². The summed E-state index contributed by atoms with van der Waals surface area (Å²) in [4.78, 5) is 18.0. The van der Waals surface area contributed by atoms with Crippen LogP contribution in [0.5, 0.6) is 0 Å². The van der Waals surface area contributed by atoms with Gasteiger partial charge in [0.05, 0.1) is 22.8 Å². The molecule has 39 heavy (non-hydrogen) atoms. The second-order valence-electron chi connectivity index (χ2n) is 11.0. The lowest BCUT2D eigenvalue weighted by atomic mass is 10.00. The van der Waals surface area contributed by atoms with E-state index in [9.17, 15) is 18.0 Å². The van der Waals surface area contributed by atoms with Gasteiger partial charge in [-0.3, -0.25) is 18.8 Å². The van der Waals surface area contributed by atoms with Crippen LogP contribution in [0.2, 0.25) is 0 Å². The van der Waals surface area contributed by atoms with E-state index in [0.717, 1.165) is 61.2 Å². The fraction of sp³-hybridized carbons (Fsp3) is 0.464. The van der Waals surface area contributed by atoms with Gasteiger partial charge in [-0.15, -0.1) is 10.2 Å². The molecule has 4 aromatic rings. The van der Waals surface area contributed by atoms with E-state index in [1.54, 1.807) is 18.6 Å². The van der Waals surface area contributed by atoms with Crippen LogP contribution in [0.4, 0.5) is 13.2 Å². The quantitative estimate of drug-likeness (QED) is 0.366. The number of aromatic nitrogens is 5. The van der Waals surface area contributed by atoms with E-state index in [4.69, 9.17) is 0 Å². The summed E-state index contributed by atoms with van der Waals surface area (Å²) in [7, 11) is 1.89. The number of fused-ring (bicyclic) bond motifs is 1. The first-order chi connectivity index (χ1) is 18.7. The molecular weight excluding hydrogens is 507 g/mol. The number of halogens is 3. The van der Waals surface area contributed by atoms with Crippen molar-refractivity contribution >= 4 is 5.52 Å². The molecule has 5 heterocycles. The summed E-state index contributed by atoms with van der Waals surface area (Å²) in [5.41, 5.74) is 0.420. The second kappa shape index (κ2) is 9.95. The molecule has 2 fully saturated rings. The molecule has 8 nitrogen and oxygen atoms in total. The van der Waals surface area contributed by atoms with Crippen LogP contribution in [-0.4, -0.2) is 59.7 Å². The van der Waals surface area contributed by atoms with Crippen molar-refractivity contribution in [3.05, 3.63) is 82.1 Å². The predicted octanol–water partition coefficient (Wildman–Crippen LogP) is 4.26. The Morgan fingerprint density at radius 1 is 1.10 bits per heavy atom. The molecule has 2 saturated heterocycles. The topological polar surface area (TPSA) is 63.6 Å². The van der Waals surface area contributed by atoms with Crippen molar-refractivity contribution in [2.24, 2.45) is 13.0 Å². The second-order valence-corrected chi connectivity index (χ2v) is 11.0. The molecule has 0 saturated carbocycles. The molecule has 11 heteroatoms. The highest BCUT2D eigenvalue weighted by molar-refractivity contribution is 5.58. The van der Waals surface area contributed by atoms with Crippen LogP contribution in [0.25, 0.3) is 11.2 Å². The number of hydrogen-bond acceptors (Lipinski definition) is 5. The van der Waals surface area contributed by atoms with Crippen LogP contribution in [0.15, 0.2) is 53.8 Å². The first-order valence-electron chi connectivity index (χ1n) is 13.4. The molecule has 6 rings (SSSR count). The molecule has 0 aliphatic carbocycles. The lowest BCUT2D eigenvalue weighted by Crippen LogP contribution is -2.41. The summed E-state index contributed by atoms with van der Waals surface area (Å²) in [5.74, 6) is 1.28. The van der Waals surface area contributed by atoms with Crippen molar-refractivity contribution in [2.75, 3.05) is 26.2 Å². The Kier molecular flexibility index (Phi) is 6.58. The fourth-order valence-electron chi connectivity index (χ4n) is 5.94. The molecule has 1 aromatic carbocycles. The molecule has 2 aliphatic heterocycles. The van der Waals surface area contributed by atoms with Gasteiger partial charge in [0, 0.05) is 45.6 Å². The Morgan fingerprint density at radius 2 is 1.92 bits per heavy atom. The van der Waals surface area contributed by atoms with Gasteiger partial charge in [-0.25, -0.2) is 4.79 Å². The SMILES string of the molecule is C[C@H]1CCCN(Cc2cc(C(F)(F)F)c3cn(-c4cccc([C@@H](c5nncn5C)N5CCC5)c4)c(=O)n3c2)C1. The van der Waals surface area contributed by atoms with Gasteiger partial charge in [-0.05, 0) is 61.1 Å². The minimum absolute atomic E-state index is 0.152. The standard InChI is InChI=1S/C28H32F3N7O/c1-19-6-4-9-35(14-19)15-20-12-23(28(29,30)31)24-17-37(27(39)38(24)16-20)22-8-3-7-21(13-22)25(36-10-5-11-36)26-33-32-18-34(26)2/h3,7-8,12-13,16-19,25H,4-6,9-11,14-15H2,1-2H3/t19-,25-/m0/s1. The summed E-state index contributed by atoms with van der Waals surface area (Å²) in [6, 6.07) is 8.43. The van der Waals surface area contributed by atoms with Crippen LogP contribution in [0, 0.1) is 5.92 Å². The molecule has 0 amide bonds. The summed E-state index contributed by atoms with van der Waals surface area (Å²) in [5, 5.41) is 8.36. The Hall–Kier alpha value is -3.44. The Bertz CT molecular complexity index is 1550. The third-order valence-corrected chi connectivity index (χ3v) is 7.99. The van der Waals surface area contributed by atoms with E-state index >= 15 is 0 Å². The van der Waals surface area contributed by atoms with Crippen molar-refractivity contribution in [2.45, 2.75) is 44.9 Å². The summed E-state index contributed by atoms with van der Waals surface area (Å²) < 4.78 is 47.0. The van der Waals surface area contributed by atoms with Crippen molar-refractivity contribution in [1.29, 1.82) is 0 Å². The lowest BCUT2D eigenvalue weighted by molar-refractivity contribution is -0.136. The number of alkyl halides is 3. The molecule has 2 atom stereocenters. The number of pyridine rings is 1. The highest BCUT2D eigenvalue weighted by Crippen LogP contribution is 2.35. The molecule has 2 aliphatic rings. The molecular formula is C28H32F3N7O. The summed E-state index contributed by atoms with van der Waals surface area (Å²) in [6.07, 6.45) is 3.15. The normalized spacial score (nSPS) is 19.9. The highest BCUT2D eigenvalue weighted by Gasteiger charge is 2.35. The zero-order chi connectivity index (χ0) is 27.3. The van der Waals surface area contributed by atoms with Gasteiger partial charge in [-0.1, -0.05) is 19.1 Å². The van der Waals surface area contributed by atoms with Crippen molar-refractivity contribution in [1.82, 2.24) is 33.5 Å². The maximum absolute atomic E-state index is 14.2. The van der Waals surface area contributed by atoms with E-state index in [2.05, 4.69) is 26.9 Å². The van der Waals surface area contributed by atoms with Crippen LogP contribution >= 0.6 is 0 Å². The van der Waals surface area contributed by atoms with Crippen LogP contribution in [0.1, 0.15) is 54.7 Å². The molecule has 0 radical (unpaired) electrons. The minimum Gasteiger partial charge on any atom is -0.319 e. The first-order valence-corrected chi connectivity index (χ1v) is 13.4. The van der Waals surface area contributed by atoms with E-state index in [1.165, 1.54) is 16.8 Å². The van der Waals surface area contributed by atoms with Gasteiger partial charge in [0.1, 0.15) is 6.33 Å². The number of aryl methyl sites for hydroxylation is 1. The van der Waals surface area contributed by atoms with Crippen LogP contribution < -0.4 is 5.69 Å². The van der Waals surface area contributed by atoms with Crippen LogP contribution in [0.3, 0.4) is 0 Å². The van der Waals surface area contributed by atoms with Crippen molar-refractivity contribution < 1.29 is 13.2 Å². The molecule has 0 unspecified atom stereocenters. The number of hydrogen-bond donors (Lipinski definition) is 0. The maximum atomic E-state index is 14.2. The highest BCUT2D eigenvalue weighted by atomic mass is 19.4. The zero-order valence-corrected chi connectivity index (χ0v) is 22.1. The van der Waals surface area contributed by atoms with Gasteiger partial charge >= 0.3 is 11.9 Å². The predicted molar refractivity (Wildman–Crippen MR) is 141 cm³/mol. The molecule has 0 N–H and O–H groups in total. The Labute approximate surface area is 224 Å².